The number of urea groups is 1. The summed E-state index contributed by atoms with van der Waals surface area (Å²) >= 11 is 6.90. The molecule has 1 unspecified atom stereocenters. The topological polar surface area (TPSA) is 104 Å². The summed E-state index contributed by atoms with van der Waals surface area (Å²) in [6, 6.07) is 20.0. The molecule has 0 aliphatic heterocycles. The van der Waals surface area contributed by atoms with Gasteiger partial charge in [-0.1, -0.05) is 36.4 Å². The lowest BCUT2D eigenvalue weighted by Gasteiger charge is -2.15. The third kappa shape index (κ3) is 5.97. The first kappa shape index (κ1) is 23.4. The molecule has 1 atom stereocenters. The molecule has 2 heterocycles. The van der Waals surface area contributed by atoms with E-state index in [-0.39, 0.29) is 24.4 Å². The molecule has 4 rings (SSSR count). The lowest BCUT2D eigenvalue weighted by atomic mass is 10.1. The minimum atomic E-state index is -0.319. The fourth-order valence-electron chi connectivity index (χ4n) is 3.40. The number of amides is 3. The molecule has 4 aromatic rings. The SMILES string of the molecule is CC(NC(=O)CCn1c(-c2cccs2)n[nH]c1=S)c1ccc(NC(=O)Nc2ccccc2)cc1. The smallest absolute Gasteiger partial charge is 0.323 e. The zero-order valence-corrected chi connectivity index (χ0v) is 20.1. The van der Waals surface area contributed by atoms with Crippen molar-refractivity contribution < 1.29 is 9.59 Å². The van der Waals surface area contributed by atoms with Crippen molar-refractivity contribution in [1.82, 2.24) is 20.1 Å². The molecule has 0 saturated heterocycles. The number of thiophene rings is 1. The second-order valence-corrected chi connectivity index (χ2v) is 8.92. The average Bonchev–Trinajstić information content (AvgIpc) is 3.48. The second-order valence-electron chi connectivity index (χ2n) is 7.59. The van der Waals surface area contributed by atoms with Crippen LogP contribution in [-0.4, -0.2) is 26.7 Å². The van der Waals surface area contributed by atoms with E-state index in [1.807, 2.05) is 71.5 Å². The molecule has 2 aromatic carbocycles. The lowest BCUT2D eigenvalue weighted by Crippen LogP contribution is -2.27. The van der Waals surface area contributed by atoms with Crippen molar-refractivity contribution in [3.8, 4) is 10.7 Å². The molecular weight excluding hydrogens is 468 g/mol. The van der Waals surface area contributed by atoms with Gasteiger partial charge in [-0.15, -0.1) is 11.3 Å². The van der Waals surface area contributed by atoms with Crippen molar-refractivity contribution in [2.24, 2.45) is 0 Å². The van der Waals surface area contributed by atoms with Gasteiger partial charge in [-0.3, -0.25) is 14.5 Å². The van der Waals surface area contributed by atoms with Crippen LogP contribution in [0.3, 0.4) is 0 Å². The highest BCUT2D eigenvalue weighted by Crippen LogP contribution is 2.23. The van der Waals surface area contributed by atoms with Crippen LogP contribution in [0, 0.1) is 4.77 Å². The van der Waals surface area contributed by atoms with E-state index in [0.29, 0.717) is 22.7 Å². The zero-order chi connectivity index (χ0) is 23.9. The van der Waals surface area contributed by atoms with E-state index in [4.69, 9.17) is 12.2 Å². The molecule has 10 heteroatoms. The number of hydrogen-bond donors (Lipinski definition) is 4. The van der Waals surface area contributed by atoms with Crippen LogP contribution in [0.2, 0.25) is 0 Å². The molecule has 8 nitrogen and oxygen atoms in total. The molecule has 0 saturated carbocycles. The van der Waals surface area contributed by atoms with Crippen LogP contribution >= 0.6 is 23.6 Å². The van der Waals surface area contributed by atoms with Gasteiger partial charge in [0.25, 0.3) is 0 Å². The number of nitrogens with one attached hydrogen (secondary N) is 4. The maximum Gasteiger partial charge on any atom is 0.323 e. The van der Waals surface area contributed by atoms with Gasteiger partial charge in [-0.05, 0) is 60.4 Å². The molecular formula is C24H24N6O2S2. The van der Waals surface area contributed by atoms with Crippen LogP contribution in [0.4, 0.5) is 16.2 Å². The number of nitrogens with zero attached hydrogens (tertiary/aromatic N) is 2. The number of hydrogen-bond acceptors (Lipinski definition) is 5. The van der Waals surface area contributed by atoms with Gasteiger partial charge in [0.2, 0.25) is 5.91 Å². The van der Waals surface area contributed by atoms with E-state index in [9.17, 15) is 9.59 Å². The van der Waals surface area contributed by atoms with Gasteiger partial charge >= 0.3 is 6.03 Å². The second kappa shape index (κ2) is 10.9. The highest BCUT2D eigenvalue weighted by molar-refractivity contribution is 7.71. The molecule has 0 spiro atoms. The van der Waals surface area contributed by atoms with Crippen LogP contribution < -0.4 is 16.0 Å². The summed E-state index contributed by atoms with van der Waals surface area (Å²) in [5, 5.41) is 17.6. The molecule has 0 aliphatic carbocycles. The Hall–Kier alpha value is -3.76. The predicted molar refractivity (Wildman–Crippen MR) is 137 cm³/mol. The number of H-pyrrole nitrogens is 1. The first-order valence-corrected chi connectivity index (χ1v) is 12.0. The Morgan fingerprint density at radius 3 is 2.41 bits per heavy atom. The summed E-state index contributed by atoms with van der Waals surface area (Å²) < 4.78 is 2.33. The third-order valence-electron chi connectivity index (χ3n) is 5.14. The van der Waals surface area contributed by atoms with Gasteiger partial charge in [0.1, 0.15) is 0 Å². The number of rotatable bonds is 8. The van der Waals surface area contributed by atoms with Crippen LogP contribution in [0.1, 0.15) is 24.9 Å². The van der Waals surface area contributed by atoms with Crippen molar-refractivity contribution in [2.75, 3.05) is 10.6 Å². The Balaban J connectivity index is 1.29. The summed E-state index contributed by atoms with van der Waals surface area (Å²) in [5.41, 5.74) is 2.31. The molecule has 174 valence electrons. The molecule has 0 radical (unpaired) electrons. The van der Waals surface area contributed by atoms with Gasteiger partial charge < -0.3 is 16.0 Å². The Labute approximate surface area is 206 Å². The molecule has 4 N–H and O–H groups in total. The molecule has 0 bridgehead atoms. The average molecular weight is 493 g/mol. The Kier molecular flexibility index (Phi) is 7.51. The van der Waals surface area contributed by atoms with Crippen LogP contribution in [0.5, 0.6) is 0 Å². The Morgan fingerprint density at radius 2 is 1.74 bits per heavy atom. The van der Waals surface area contributed by atoms with Crippen LogP contribution in [0.15, 0.2) is 72.1 Å². The monoisotopic (exact) mass is 492 g/mol. The summed E-state index contributed by atoms with van der Waals surface area (Å²) in [5.74, 6) is 0.650. The molecule has 3 amide bonds. The van der Waals surface area contributed by atoms with E-state index < -0.39 is 0 Å². The van der Waals surface area contributed by atoms with Crippen molar-refractivity contribution in [2.45, 2.75) is 25.9 Å². The van der Waals surface area contributed by atoms with Gasteiger partial charge in [0.15, 0.2) is 10.6 Å². The fraction of sp³-hybridized carbons (Fsp3) is 0.167. The van der Waals surface area contributed by atoms with Gasteiger partial charge in [0.05, 0.1) is 10.9 Å². The van der Waals surface area contributed by atoms with Crippen molar-refractivity contribution in [1.29, 1.82) is 0 Å². The van der Waals surface area contributed by atoms with Gasteiger partial charge in [-0.2, -0.15) is 5.10 Å². The van der Waals surface area contributed by atoms with Crippen molar-refractivity contribution in [3.63, 3.8) is 0 Å². The first-order valence-electron chi connectivity index (χ1n) is 10.7. The number of anilines is 2. The molecule has 0 aliphatic rings. The van der Waals surface area contributed by atoms with Crippen molar-refractivity contribution >= 4 is 46.9 Å². The normalized spacial score (nSPS) is 11.6. The third-order valence-corrected chi connectivity index (χ3v) is 6.32. The number of carbonyl (C=O) groups is 2. The first-order chi connectivity index (χ1) is 16.5. The maximum atomic E-state index is 12.6. The Morgan fingerprint density at radius 1 is 1.03 bits per heavy atom. The molecule has 2 aromatic heterocycles. The highest BCUT2D eigenvalue weighted by Gasteiger charge is 2.14. The quantitative estimate of drug-likeness (QED) is 0.241. The molecule has 0 fully saturated rings. The van der Waals surface area contributed by atoms with Gasteiger partial charge in [0, 0.05) is 24.3 Å². The summed E-state index contributed by atoms with van der Waals surface area (Å²) in [4.78, 5) is 25.7. The van der Waals surface area contributed by atoms with E-state index in [0.717, 1.165) is 16.3 Å². The standard InChI is InChI=1S/C24H24N6O2S2/c1-16(17-9-11-19(12-10-17)27-23(32)26-18-6-3-2-4-7-18)25-21(31)13-14-30-22(28-29-24(30)33)20-8-5-15-34-20/h2-12,15-16H,13-14H2,1H3,(H,25,31)(H,29,33)(H2,26,27,32). The largest absolute Gasteiger partial charge is 0.350 e. The summed E-state index contributed by atoms with van der Waals surface area (Å²) in [6.07, 6.45) is 0.274. The number of benzene rings is 2. The van der Waals surface area contributed by atoms with E-state index in [1.165, 1.54) is 0 Å². The summed E-state index contributed by atoms with van der Waals surface area (Å²) in [6.45, 7) is 2.35. The van der Waals surface area contributed by atoms with Crippen LogP contribution in [-0.2, 0) is 11.3 Å². The number of aromatic nitrogens is 3. The van der Waals surface area contributed by atoms with E-state index >= 15 is 0 Å². The molecule has 34 heavy (non-hydrogen) atoms. The van der Waals surface area contributed by atoms with E-state index in [2.05, 4.69) is 26.1 Å². The lowest BCUT2D eigenvalue weighted by molar-refractivity contribution is -0.121. The fourth-order valence-corrected chi connectivity index (χ4v) is 4.34. The van der Waals surface area contributed by atoms with E-state index in [1.54, 1.807) is 23.5 Å². The minimum absolute atomic E-state index is 0.0860. The van der Waals surface area contributed by atoms with Crippen LogP contribution in [0.25, 0.3) is 10.7 Å². The highest BCUT2D eigenvalue weighted by atomic mass is 32.1. The van der Waals surface area contributed by atoms with Crippen molar-refractivity contribution in [3.05, 3.63) is 82.4 Å². The maximum absolute atomic E-state index is 12.6. The zero-order valence-electron chi connectivity index (χ0n) is 18.4. The number of aromatic amines is 1. The summed E-state index contributed by atoms with van der Waals surface area (Å²) in [7, 11) is 0. The Bertz CT molecular complexity index is 1300. The minimum Gasteiger partial charge on any atom is -0.350 e. The van der Waals surface area contributed by atoms with Gasteiger partial charge in [-0.25, -0.2) is 4.79 Å². The predicted octanol–water partition coefficient (Wildman–Crippen LogP) is 5.58. The number of para-hydroxylation sites is 1. The number of carbonyl (C=O) groups excluding carboxylic acids is 2.